The Morgan fingerprint density at radius 1 is 1.52 bits per heavy atom. The first-order chi connectivity index (χ1) is 9.97. The molecule has 6 nitrogen and oxygen atoms in total. The van der Waals surface area contributed by atoms with Gasteiger partial charge in [-0.05, 0) is 36.6 Å². The van der Waals surface area contributed by atoms with Gasteiger partial charge in [0.1, 0.15) is 6.04 Å². The van der Waals surface area contributed by atoms with Crippen molar-refractivity contribution >= 4 is 41.1 Å². The van der Waals surface area contributed by atoms with Gasteiger partial charge in [-0.2, -0.15) is 17.0 Å². The fraction of sp³-hybridized carbons (Fsp3) is 0.308. The van der Waals surface area contributed by atoms with Crippen LogP contribution in [0.4, 0.5) is 10.5 Å². The predicted molar refractivity (Wildman–Crippen MR) is 82.7 cm³/mol. The van der Waals surface area contributed by atoms with Crippen LogP contribution in [0.2, 0.25) is 5.02 Å². The summed E-state index contributed by atoms with van der Waals surface area (Å²) in [6, 6.07) is 4.69. The van der Waals surface area contributed by atoms with E-state index in [9.17, 15) is 9.59 Å². The summed E-state index contributed by atoms with van der Waals surface area (Å²) >= 11 is 7.40. The molecule has 1 atom stereocenters. The zero-order valence-corrected chi connectivity index (χ0v) is 12.8. The molecule has 0 fully saturated rings. The SMILES string of the molecule is CSCCC(NC(=O)Nc1cc(C#N)ccc1Cl)C(=O)O. The molecule has 0 heterocycles. The molecule has 0 radical (unpaired) electrons. The number of hydrogen-bond donors (Lipinski definition) is 3. The zero-order chi connectivity index (χ0) is 15.8. The van der Waals surface area contributed by atoms with Crippen LogP contribution < -0.4 is 10.6 Å². The number of thioether (sulfide) groups is 1. The molecule has 8 heteroatoms. The normalized spacial score (nSPS) is 11.3. The van der Waals surface area contributed by atoms with Gasteiger partial charge in [-0.3, -0.25) is 0 Å². The number of benzene rings is 1. The van der Waals surface area contributed by atoms with Crippen molar-refractivity contribution in [3.05, 3.63) is 28.8 Å². The number of hydrogen-bond acceptors (Lipinski definition) is 4. The molecular weight excluding hydrogens is 314 g/mol. The molecule has 3 N–H and O–H groups in total. The molecule has 1 aromatic carbocycles. The number of amides is 2. The Labute approximate surface area is 131 Å². The third kappa shape index (κ3) is 5.53. The van der Waals surface area contributed by atoms with E-state index in [1.165, 1.54) is 30.0 Å². The Hall–Kier alpha value is -1.91. The van der Waals surface area contributed by atoms with Crippen molar-refractivity contribution in [3.8, 4) is 6.07 Å². The van der Waals surface area contributed by atoms with Crippen molar-refractivity contribution in [2.45, 2.75) is 12.5 Å². The smallest absolute Gasteiger partial charge is 0.326 e. The minimum absolute atomic E-state index is 0.252. The second kappa shape index (κ2) is 8.39. The van der Waals surface area contributed by atoms with E-state index in [-0.39, 0.29) is 10.7 Å². The van der Waals surface area contributed by atoms with Gasteiger partial charge in [-0.25, -0.2) is 9.59 Å². The fourth-order valence-electron chi connectivity index (χ4n) is 1.50. The van der Waals surface area contributed by atoms with E-state index in [2.05, 4.69) is 10.6 Å². The Morgan fingerprint density at radius 3 is 2.81 bits per heavy atom. The lowest BCUT2D eigenvalue weighted by atomic mass is 10.2. The average Bonchev–Trinajstić information content (AvgIpc) is 2.45. The van der Waals surface area contributed by atoms with Gasteiger partial charge in [0.2, 0.25) is 0 Å². The number of nitrogens with zero attached hydrogens (tertiary/aromatic N) is 1. The summed E-state index contributed by atoms with van der Waals surface area (Å²) in [5.74, 6) is -0.488. The Bertz CT molecular complexity index is 574. The lowest BCUT2D eigenvalue weighted by molar-refractivity contribution is -0.139. The van der Waals surface area contributed by atoms with E-state index in [0.717, 1.165) is 0 Å². The van der Waals surface area contributed by atoms with Crippen LogP contribution >= 0.6 is 23.4 Å². The average molecular weight is 328 g/mol. The third-order valence-corrected chi connectivity index (χ3v) is 3.53. The van der Waals surface area contributed by atoms with Gasteiger partial charge in [-0.15, -0.1) is 0 Å². The van der Waals surface area contributed by atoms with Gasteiger partial charge in [0.25, 0.3) is 0 Å². The van der Waals surface area contributed by atoms with Crippen molar-refractivity contribution in [3.63, 3.8) is 0 Å². The highest BCUT2D eigenvalue weighted by atomic mass is 35.5. The maximum Gasteiger partial charge on any atom is 0.326 e. The molecule has 0 aliphatic heterocycles. The maximum absolute atomic E-state index is 11.8. The highest BCUT2D eigenvalue weighted by Crippen LogP contribution is 2.22. The molecule has 0 spiro atoms. The lowest BCUT2D eigenvalue weighted by Gasteiger charge is -2.15. The van der Waals surface area contributed by atoms with Crippen molar-refractivity contribution in [1.82, 2.24) is 5.32 Å². The highest BCUT2D eigenvalue weighted by Gasteiger charge is 2.19. The number of urea groups is 1. The van der Waals surface area contributed by atoms with Crippen molar-refractivity contribution < 1.29 is 14.7 Å². The van der Waals surface area contributed by atoms with E-state index in [4.69, 9.17) is 22.0 Å². The Balaban J connectivity index is 2.72. The number of carbonyl (C=O) groups is 2. The number of aliphatic carboxylic acids is 1. The zero-order valence-electron chi connectivity index (χ0n) is 11.2. The summed E-state index contributed by atoms with van der Waals surface area (Å²) in [6.45, 7) is 0. The van der Waals surface area contributed by atoms with Crippen LogP contribution in [0.5, 0.6) is 0 Å². The van der Waals surface area contributed by atoms with E-state index < -0.39 is 18.0 Å². The summed E-state index contributed by atoms with van der Waals surface area (Å²) < 4.78 is 0. The van der Waals surface area contributed by atoms with Crippen LogP contribution in [0.25, 0.3) is 0 Å². The molecule has 112 valence electrons. The van der Waals surface area contributed by atoms with Crippen molar-refractivity contribution in [1.29, 1.82) is 5.26 Å². The number of carboxylic acid groups (broad SMARTS) is 1. The van der Waals surface area contributed by atoms with Crippen LogP contribution in [-0.4, -0.2) is 35.2 Å². The minimum atomic E-state index is -1.10. The molecule has 0 aromatic heterocycles. The first-order valence-corrected chi connectivity index (χ1v) is 7.74. The molecule has 0 bridgehead atoms. The summed E-state index contributed by atoms with van der Waals surface area (Å²) in [5.41, 5.74) is 0.592. The number of carboxylic acids is 1. The molecule has 0 saturated carbocycles. The summed E-state index contributed by atoms with van der Waals surface area (Å²) in [4.78, 5) is 22.8. The molecule has 0 aliphatic carbocycles. The number of nitriles is 1. The van der Waals surface area contributed by atoms with E-state index in [1.54, 1.807) is 0 Å². The van der Waals surface area contributed by atoms with Crippen LogP contribution in [-0.2, 0) is 4.79 Å². The van der Waals surface area contributed by atoms with Crippen LogP contribution in [0.1, 0.15) is 12.0 Å². The monoisotopic (exact) mass is 327 g/mol. The second-order valence-corrected chi connectivity index (χ2v) is 5.47. The Morgan fingerprint density at radius 2 is 2.24 bits per heavy atom. The molecule has 2 amide bonds. The molecule has 1 aromatic rings. The first kappa shape index (κ1) is 17.1. The van der Waals surface area contributed by atoms with E-state index >= 15 is 0 Å². The van der Waals surface area contributed by atoms with Gasteiger partial charge in [0.05, 0.1) is 22.3 Å². The first-order valence-electron chi connectivity index (χ1n) is 5.96. The molecular formula is C13H14ClN3O3S. The van der Waals surface area contributed by atoms with Crippen molar-refractivity contribution in [2.75, 3.05) is 17.3 Å². The number of carbonyl (C=O) groups excluding carboxylic acids is 1. The van der Waals surface area contributed by atoms with E-state index in [0.29, 0.717) is 17.7 Å². The van der Waals surface area contributed by atoms with Gasteiger partial charge in [-0.1, -0.05) is 11.6 Å². The van der Waals surface area contributed by atoms with Crippen LogP contribution in [0.3, 0.4) is 0 Å². The minimum Gasteiger partial charge on any atom is -0.480 e. The predicted octanol–water partition coefficient (Wildman–Crippen LogP) is 2.54. The topological polar surface area (TPSA) is 102 Å². The molecule has 1 unspecified atom stereocenters. The summed E-state index contributed by atoms with van der Waals surface area (Å²) in [7, 11) is 0. The van der Waals surface area contributed by atoms with Crippen LogP contribution in [0, 0.1) is 11.3 Å². The number of halogens is 1. The summed E-state index contributed by atoms with van der Waals surface area (Å²) in [6.07, 6.45) is 2.17. The molecule has 1 rings (SSSR count). The largest absolute Gasteiger partial charge is 0.480 e. The maximum atomic E-state index is 11.8. The van der Waals surface area contributed by atoms with Crippen LogP contribution in [0.15, 0.2) is 18.2 Å². The quantitative estimate of drug-likeness (QED) is 0.745. The number of nitrogens with one attached hydrogen (secondary N) is 2. The Kier molecular flexibility index (Phi) is 6.85. The fourth-order valence-corrected chi connectivity index (χ4v) is 2.14. The summed E-state index contributed by atoms with van der Waals surface area (Å²) in [5, 5.41) is 22.9. The van der Waals surface area contributed by atoms with Gasteiger partial charge in [0, 0.05) is 0 Å². The molecule has 0 saturated heterocycles. The molecule has 21 heavy (non-hydrogen) atoms. The second-order valence-electron chi connectivity index (χ2n) is 4.08. The van der Waals surface area contributed by atoms with Crippen molar-refractivity contribution in [2.24, 2.45) is 0 Å². The number of rotatable bonds is 6. The van der Waals surface area contributed by atoms with Gasteiger partial charge < -0.3 is 15.7 Å². The third-order valence-electron chi connectivity index (χ3n) is 2.56. The van der Waals surface area contributed by atoms with Gasteiger partial charge in [0.15, 0.2) is 0 Å². The standard InChI is InChI=1S/C13H14ClN3O3S/c1-21-5-4-10(12(18)19)16-13(20)17-11-6-8(7-15)2-3-9(11)14/h2-3,6,10H,4-5H2,1H3,(H,18,19)(H2,16,17,20). The van der Waals surface area contributed by atoms with Gasteiger partial charge >= 0.3 is 12.0 Å². The van der Waals surface area contributed by atoms with E-state index in [1.807, 2.05) is 12.3 Å². The molecule has 0 aliphatic rings. The highest BCUT2D eigenvalue weighted by molar-refractivity contribution is 7.98. The lowest BCUT2D eigenvalue weighted by Crippen LogP contribution is -2.43. The number of anilines is 1.